The van der Waals surface area contributed by atoms with E-state index in [4.69, 9.17) is 5.73 Å². The zero-order valence-corrected chi connectivity index (χ0v) is 15.0. The van der Waals surface area contributed by atoms with Gasteiger partial charge in [0, 0.05) is 60.4 Å². The minimum Gasteiger partial charge on any atom is -0.693 e. The monoisotopic (exact) mass is 481 g/mol. The van der Waals surface area contributed by atoms with Crippen LogP contribution in [0.4, 0.5) is 11.4 Å². The molecule has 20 heavy (non-hydrogen) atoms. The molecule has 0 fully saturated rings. The van der Waals surface area contributed by atoms with Crippen molar-refractivity contribution in [3.63, 3.8) is 0 Å². The fourth-order valence-corrected chi connectivity index (χ4v) is 2.25. The Balaban J connectivity index is 0.00000147. The van der Waals surface area contributed by atoms with Gasteiger partial charge in [0.15, 0.2) is 0 Å². The van der Waals surface area contributed by atoms with E-state index in [0.29, 0.717) is 10.9 Å². The van der Waals surface area contributed by atoms with Crippen LogP contribution in [0.5, 0.6) is 0 Å². The quantitative estimate of drug-likeness (QED) is 0.328. The predicted molar refractivity (Wildman–Crippen MR) is 72.7 cm³/mol. The van der Waals surface area contributed by atoms with Crippen LogP contribution in [0.15, 0.2) is 41.2 Å². The first-order valence-electron chi connectivity index (χ1n) is 5.53. The maximum atomic E-state index is 12.0. The molecule has 2 aromatic carbocycles. The largest absolute Gasteiger partial charge is 0.693 e. The molecule has 1 aromatic heterocycles. The van der Waals surface area contributed by atoms with Gasteiger partial charge in [0.1, 0.15) is 5.39 Å². The second kappa shape index (κ2) is 5.51. The SMILES string of the molecule is [Ac].[NH-]c1ccc2c(c1[N+](=O)[O-])c(=O)[nH]c1ccccc12. The zero-order valence-electron chi connectivity index (χ0n) is 10.2. The summed E-state index contributed by atoms with van der Waals surface area (Å²) in [5.74, 6) is 0. The smallest absolute Gasteiger partial charge is 0.267 e. The van der Waals surface area contributed by atoms with Gasteiger partial charge >= 0.3 is 0 Å². The van der Waals surface area contributed by atoms with Crippen LogP contribution in [-0.4, -0.2) is 9.91 Å². The summed E-state index contributed by atoms with van der Waals surface area (Å²) in [7, 11) is 0. The number of benzene rings is 2. The maximum absolute atomic E-state index is 12.0. The van der Waals surface area contributed by atoms with Gasteiger partial charge in [0.25, 0.3) is 11.2 Å². The normalized spacial score (nSPS) is 10.4. The second-order valence-corrected chi connectivity index (χ2v) is 4.14. The number of aromatic amines is 1. The minimum absolute atomic E-state index is 0. The molecule has 2 N–H and O–H groups in total. The molecule has 0 aliphatic heterocycles. The van der Waals surface area contributed by atoms with Crippen LogP contribution in [0.2, 0.25) is 0 Å². The summed E-state index contributed by atoms with van der Waals surface area (Å²) < 4.78 is 0. The van der Waals surface area contributed by atoms with E-state index < -0.39 is 16.2 Å². The van der Waals surface area contributed by atoms with E-state index in [1.165, 1.54) is 6.07 Å². The number of H-pyrrole nitrogens is 1. The Bertz CT molecular complexity index is 889. The molecule has 0 bridgehead atoms. The van der Waals surface area contributed by atoms with Crippen molar-refractivity contribution in [1.29, 1.82) is 0 Å². The summed E-state index contributed by atoms with van der Waals surface area (Å²) >= 11 is 0. The van der Waals surface area contributed by atoms with E-state index in [2.05, 4.69) is 4.98 Å². The molecular weight excluding hydrogens is 473 g/mol. The summed E-state index contributed by atoms with van der Waals surface area (Å²) in [6.07, 6.45) is 0. The van der Waals surface area contributed by atoms with E-state index in [9.17, 15) is 14.9 Å². The zero-order chi connectivity index (χ0) is 13.6. The molecule has 0 atom stereocenters. The Morgan fingerprint density at radius 3 is 2.50 bits per heavy atom. The molecule has 0 aliphatic rings. The fourth-order valence-electron chi connectivity index (χ4n) is 2.25. The van der Waals surface area contributed by atoms with Crippen LogP contribution in [0.3, 0.4) is 0 Å². The molecule has 1 heterocycles. The molecular formula is C13H8AcN3O3-. The molecule has 1 radical (unpaired) electrons. The third-order valence-corrected chi connectivity index (χ3v) is 3.05. The first-order chi connectivity index (χ1) is 9.09. The summed E-state index contributed by atoms with van der Waals surface area (Å²) in [4.78, 5) is 25.0. The number of rotatable bonds is 1. The summed E-state index contributed by atoms with van der Waals surface area (Å²) in [6.45, 7) is 0. The Kier molecular flexibility index (Phi) is 4.12. The van der Waals surface area contributed by atoms with Gasteiger partial charge in [-0.25, -0.2) is 0 Å². The van der Waals surface area contributed by atoms with Crippen LogP contribution < -0.4 is 5.56 Å². The van der Waals surface area contributed by atoms with Gasteiger partial charge in [0.05, 0.1) is 4.92 Å². The third-order valence-electron chi connectivity index (χ3n) is 3.05. The van der Waals surface area contributed by atoms with Crippen LogP contribution in [0, 0.1) is 54.2 Å². The van der Waals surface area contributed by atoms with Crippen LogP contribution in [0.1, 0.15) is 0 Å². The van der Waals surface area contributed by atoms with Gasteiger partial charge in [-0.1, -0.05) is 36.0 Å². The van der Waals surface area contributed by atoms with E-state index in [1.54, 1.807) is 30.3 Å². The van der Waals surface area contributed by atoms with E-state index in [1.807, 2.05) is 0 Å². The van der Waals surface area contributed by atoms with E-state index >= 15 is 0 Å². The van der Waals surface area contributed by atoms with E-state index in [0.717, 1.165) is 5.39 Å². The number of nitro benzene ring substituents is 1. The maximum Gasteiger partial charge on any atom is 0.267 e. The first kappa shape index (κ1) is 15.0. The molecule has 7 heteroatoms. The van der Waals surface area contributed by atoms with Crippen molar-refractivity contribution >= 4 is 33.1 Å². The van der Waals surface area contributed by atoms with Crippen molar-refractivity contribution in [3.8, 4) is 0 Å². The third kappa shape index (κ3) is 2.21. The molecule has 0 aliphatic carbocycles. The van der Waals surface area contributed by atoms with Crippen molar-refractivity contribution < 1.29 is 49.0 Å². The average Bonchev–Trinajstić information content (AvgIpc) is 2.38. The Hall–Kier alpha value is -1.45. The second-order valence-electron chi connectivity index (χ2n) is 4.14. The van der Waals surface area contributed by atoms with Crippen LogP contribution >= 0.6 is 0 Å². The van der Waals surface area contributed by atoms with Crippen molar-refractivity contribution in [2.24, 2.45) is 0 Å². The predicted octanol–water partition coefficient (Wildman–Crippen LogP) is 3.27. The molecule has 3 aromatic rings. The molecule has 0 saturated carbocycles. The first-order valence-corrected chi connectivity index (χ1v) is 5.53. The molecule has 97 valence electrons. The number of hydrogen-bond acceptors (Lipinski definition) is 3. The number of nitrogens with one attached hydrogen (secondary N) is 2. The summed E-state index contributed by atoms with van der Waals surface area (Å²) in [6, 6.07) is 9.99. The van der Waals surface area contributed by atoms with Gasteiger partial charge in [-0.2, -0.15) is 0 Å². The van der Waals surface area contributed by atoms with Crippen molar-refractivity contribution in [2.45, 2.75) is 0 Å². The molecule has 0 saturated heterocycles. The summed E-state index contributed by atoms with van der Waals surface area (Å²) in [5, 5.41) is 12.2. The van der Waals surface area contributed by atoms with Crippen molar-refractivity contribution in [1.82, 2.24) is 4.98 Å². The standard InChI is InChI=1S/C13H8N3O3.Ac/c14-9-6-5-8-7-3-1-2-4-10(7)15-13(17)11(8)12(9)16(18)19;/h1-6,14H,(H,15,17);/q-1;. The summed E-state index contributed by atoms with van der Waals surface area (Å²) in [5.41, 5.74) is 6.94. The average molecular weight is 481 g/mol. The molecule has 0 unspecified atom stereocenters. The number of pyridine rings is 1. The van der Waals surface area contributed by atoms with Crippen LogP contribution in [0.25, 0.3) is 27.4 Å². The van der Waals surface area contributed by atoms with Crippen molar-refractivity contribution in [2.75, 3.05) is 0 Å². The fraction of sp³-hybridized carbons (Fsp3) is 0. The van der Waals surface area contributed by atoms with Gasteiger partial charge in [-0.3, -0.25) is 14.9 Å². The topological polar surface area (TPSA) is 99.8 Å². The number of hydrogen-bond donors (Lipinski definition) is 1. The number of fused-ring (bicyclic) bond motifs is 3. The molecule has 3 rings (SSSR count). The Morgan fingerprint density at radius 1 is 1.10 bits per heavy atom. The molecule has 0 spiro atoms. The Labute approximate surface area is 148 Å². The van der Waals surface area contributed by atoms with Gasteiger partial charge < -0.3 is 10.7 Å². The Morgan fingerprint density at radius 2 is 1.80 bits per heavy atom. The van der Waals surface area contributed by atoms with Crippen LogP contribution in [-0.2, 0) is 0 Å². The van der Waals surface area contributed by atoms with E-state index in [-0.39, 0.29) is 55.1 Å². The van der Waals surface area contributed by atoms with Crippen molar-refractivity contribution in [3.05, 3.63) is 62.6 Å². The number of nitrogens with zero attached hydrogens (tertiary/aromatic N) is 1. The van der Waals surface area contributed by atoms with Gasteiger partial charge in [-0.05, 0) is 6.07 Å². The molecule has 6 nitrogen and oxygen atoms in total. The molecule has 0 amide bonds. The number of para-hydroxylation sites is 1. The number of nitro groups is 1. The van der Waals surface area contributed by atoms with Gasteiger partial charge in [0.2, 0.25) is 0 Å². The number of aromatic nitrogens is 1. The minimum atomic E-state index is -0.686. The van der Waals surface area contributed by atoms with Gasteiger partial charge in [-0.15, -0.1) is 0 Å².